The first kappa shape index (κ1) is 26.4. The number of ether oxygens (including phenoxy) is 3. The van der Waals surface area contributed by atoms with Crippen LogP contribution >= 0.6 is 0 Å². The third-order valence-corrected chi connectivity index (χ3v) is 5.85. The van der Waals surface area contributed by atoms with Crippen LogP contribution in [0.25, 0.3) is 11.1 Å². The lowest BCUT2D eigenvalue weighted by atomic mass is 9.92. The van der Waals surface area contributed by atoms with Gasteiger partial charge < -0.3 is 24.4 Å². The molecule has 36 heavy (non-hydrogen) atoms. The van der Waals surface area contributed by atoms with Crippen LogP contribution in [0.2, 0.25) is 0 Å². The molecule has 188 valence electrons. The van der Waals surface area contributed by atoms with E-state index in [1.807, 2.05) is 93.6 Å². The second-order valence-corrected chi connectivity index (χ2v) is 8.60. The first-order valence-electron chi connectivity index (χ1n) is 11.7. The van der Waals surface area contributed by atoms with E-state index in [0.29, 0.717) is 18.0 Å². The number of allylic oxidation sites excluding steroid dienone is 1. The highest BCUT2D eigenvalue weighted by Crippen LogP contribution is 2.35. The molecule has 3 rings (SSSR count). The van der Waals surface area contributed by atoms with Gasteiger partial charge in [0.25, 0.3) is 0 Å². The van der Waals surface area contributed by atoms with E-state index in [1.165, 1.54) is 0 Å². The van der Waals surface area contributed by atoms with Crippen molar-refractivity contribution in [3.63, 3.8) is 0 Å². The van der Waals surface area contributed by atoms with Crippen LogP contribution in [0.15, 0.2) is 84.9 Å². The molecule has 0 aromatic heterocycles. The van der Waals surface area contributed by atoms with Crippen LogP contribution in [-0.4, -0.2) is 38.8 Å². The molecule has 0 saturated heterocycles. The molecule has 0 atom stereocenters. The average molecular weight is 487 g/mol. The van der Waals surface area contributed by atoms with Gasteiger partial charge in [0.1, 0.15) is 17.8 Å². The molecule has 0 spiro atoms. The first-order valence-corrected chi connectivity index (χ1v) is 11.7. The van der Waals surface area contributed by atoms with E-state index in [4.69, 9.17) is 14.2 Å². The molecule has 6 heteroatoms. The van der Waals surface area contributed by atoms with E-state index < -0.39 is 0 Å². The Morgan fingerprint density at radius 3 is 2.31 bits per heavy atom. The minimum Gasteiger partial charge on any atom is -0.502 e. The summed E-state index contributed by atoms with van der Waals surface area (Å²) in [6.45, 7) is 6.40. The van der Waals surface area contributed by atoms with Crippen molar-refractivity contribution in [2.24, 2.45) is 0 Å². The fourth-order valence-corrected chi connectivity index (χ4v) is 3.78. The highest BCUT2D eigenvalue weighted by Gasteiger charge is 2.16. The summed E-state index contributed by atoms with van der Waals surface area (Å²) in [5.74, 6) is 0.989. The van der Waals surface area contributed by atoms with Crippen molar-refractivity contribution in [2.45, 2.75) is 20.8 Å². The molecule has 0 bridgehead atoms. The lowest BCUT2D eigenvalue weighted by Crippen LogP contribution is -2.15. The summed E-state index contributed by atoms with van der Waals surface area (Å²) < 4.78 is 16.6. The normalized spacial score (nSPS) is 11.3. The van der Waals surface area contributed by atoms with Crippen LogP contribution in [0.4, 0.5) is 0 Å². The summed E-state index contributed by atoms with van der Waals surface area (Å²) in [7, 11) is 5.52. The van der Waals surface area contributed by atoms with E-state index in [2.05, 4.69) is 12.2 Å². The zero-order valence-corrected chi connectivity index (χ0v) is 21.8. The zero-order chi connectivity index (χ0) is 26.1. The van der Waals surface area contributed by atoms with Crippen molar-refractivity contribution in [1.82, 2.24) is 10.2 Å². The van der Waals surface area contributed by atoms with Crippen molar-refractivity contribution >= 4 is 5.97 Å². The van der Waals surface area contributed by atoms with Gasteiger partial charge in [0.05, 0.1) is 18.4 Å². The van der Waals surface area contributed by atoms with Gasteiger partial charge >= 0.3 is 5.97 Å². The Kier molecular flexibility index (Phi) is 9.17. The van der Waals surface area contributed by atoms with Gasteiger partial charge in [-0.1, -0.05) is 30.3 Å². The maximum atomic E-state index is 12.5. The Bertz CT molecular complexity index is 1230. The standard InChI is InChI=1S/C30H34N2O4/c1-21-18-28(36-30(33)25-10-8-7-9-11-25)22(2)23(3)29(21)24-12-14-27(15-13-24)35-20-31-17-16-26(19-34-6)32(4)5/h7-19,31H,20H2,1-6H3/b17-16-,26-19+. The Hall–Kier alpha value is -4.19. The average Bonchev–Trinajstić information content (AvgIpc) is 2.87. The SMILES string of the molecule is CO/C=C(\C=C/NCOc1ccc(-c2c(C)cc(OC(=O)c3ccccc3)c(C)c2C)cc1)N(C)C. The summed E-state index contributed by atoms with van der Waals surface area (Å²) in [6, 6.07) is 18.9. The van der Waals surface area contributed by atoms with E-state index in [9.17, 15) is 4.79 Å². The number of rotatable bonds is 10. The van der Waals surface area contributed by atoms with Crippen LogP contribution < -0.4 is 14.8 Å². The molecule has 0 fully saturated rings. The van der Waals surface area contributed by atoms with E-state index in [0.717, 1.165) is 39.3 Å². The Balaban J connectivity index is 1.67. The maximum absolute atomic E-state index is 12.5. The fraction of sp³-hybridized carbons (Fsp3) is 0.233. The summed E-state index contributed by atoms with van der Waals surface area (Å²) in [6.07, 6.45) is 5.40. The third kappa shape index (κ3) is 6.69. The number of hydrogen-bond donors (Lipinski definition) is 1. The number of esters is 1. The van der Waals surface area contributed by atoms with Gasteiger partial charge in [-0.3, -0.25) is 0 Å². The van der Waals surface area contributed by atoms with Crippen LogP contribution in [0, 0.1) is 20.8 Å². The van der Waals surface area contributed by atoms with Crippen molar-refractivity contribution < 1.29 is 19.0 Å². The highest BCUT2D eigenvalue weighted by molar-refractivity contribution is 5.91. The number of aryl methyl sites for hydroxylation is 1. The molecule has 1 N–H and O–H groups in total. The molecule has 3 aromatic rings. The monoisotopic (exact) mass is 486 g/mol. The highest BCUT2D eigenvalue weighted by atomic mass is 16.5. The molecule has 0 aliphatic rings. The maximum Gasteiger partial charge on any atom is 0.343 e. The van der Waals surface area contributed by atoms with Crippen molar-refractivity contribution in [3.05, 3.63) is 107 Å². The van der Waals surface area contributed by atoms with Crippen LogP contribution in [-0.2, 0) is 4.74 Å². The van der Waals surface area contributed by atoms with Gasteiger partial charge in [-0.05, 0) is 85.0 Å². The van der Waals surface area contributed by atoms with Crippen molar-refractivity contribution in [1.29, 1.82) is 0 Å². The van der Waals surface area contributed by atoms with Crippen LogP contribution in [0.3, 0.4) is 0 Å². The number of likely N-dealkylation sites (N-methyl/N-ethyl adjacent to an activating group) is 1. The number of carbonyl (C=O) groups excluding carboxylic acids is 1. The molecule has 0 heterocycles. The predicted octanol–water partition coefficient (Wildman–Crippen LogP) is 5.99. The van der Waals surface area contributed by atoms with Gasteiger partial charge in [-0.25, -0.2) is 4.79 Å². The molecular formula is C30H34N2O4. The minimum atomic E-state index is -0.358. The lowest BCUT2D eigenvalue weighted by molar-refractivity contribution is 0.0733. The minimum absolute atomic E-state index is 0.335. The summed E-state index contributed by atoms with van der Waals surface area (Å²) in [5, 5.41) is 3.12. The molecule has 6 nitrogen and oxygen atoms in total. The number of methoxy groups -OCH3 is 1. The topological polar surface area (TPSA) is 60.0 Å². The predicted molar refractivity (Wildman–Crippen MR) is 144 cm³/mol. The summed E-state index contributed by atoms with van der Waals surface area (Å²) in [5.41, 5.74) is 6.71. The van der Waals surface area contributed by atoms with Gasteiger partial charge in [-0.2, -0.15) is 0 Å². The number of nitrogens with one attached hydrogen (secondary N) is 1. The van der Waals surface area contributed by atoms with E-state index in [1.54, 1.807) is 25.5 Å². The summed E-state index contributed by atoms with van der Waals surface area (Å²) >= 11 is 0. The number of hydrogen-bond acceptors (Lipinski definition) is 6. The molecule has 0 unspecified atom stereocenters. The quantitative estimate of drug-likeness (QED) is 0.0949. The number of carbonyl (C=O) groups is 1. The van der Waals surface area contributed by atoms with E-state index >= 15 is 0 Å². The Morgan fingerprint density at radius 2 is 1.67 bits per heavy atom. The molecule has 0 aliphatic carbocycles. The molecular weight excluding hydrogens is 452 g/mol. The smallest absolute Gasteiger partial charge is 0.343 e. The molecule has 0 amide bonds. The van der Waals surface area contributed by atoms with Gasteiger partial charge in [0.2, 0.25) is 0 Å². The first-order chi connectivity index (χ1) is 17.3. The van der Waals surface area contributed by atoms with E-state index in [-0.39, 0.29) is 5.97 Å². The largest absolute Gasteiger partial charge is 0.502 e. The molecule has 0 saturated carbocycles. The fourth-order valence-electron chi connectivity index (χ4n) is 3.78. The number of nitrogens with zero attached hydrogens (tertiary/aromatic N) is 1. The second-order valence-electron chi connectivity index (χ2n) is 8.60. The van der Waals surface area contributed by atoms with Gasteiger partial charge in [0.15, 0.2) is 6.73 Å². The van der Waals surface area contributed by atoms with Gasteiger partial charge in [-0.15, -0.1) is 0 Å². The molecule has 0 radical (unpaired) electrons. The molecule has 3 aromatic carbocycles. The van der Waals surface area contributed by atoms with Crippen LogP contribution in [0.1, 0.15) is 27.0 Å². The Morgan fingerprint density at radius 1 is 0.972 bits per heavy atom. The number of benzene rings is 3. The zero-order valence-electron chi connectivity index (χ0n) is 21.8. The molecule has 0 aliphatic heterocycles. The van der Waals surface area contributed by atoms with Crippen LogP contribution in [0.5, 0.6) is 11.5 Å². The van der Waals surface area contributed by atoms with Crippen molar-refractivity contribution in [3.8, 4) is 22.6 Å². The Labute approximate surface area is 213 Å². The second kappa shape index (κ2) is 12.5. The van der Waals surface area contributed by atoms with Gasteiger partial charge in [0, 0.05) is 20.3 Å². The lowest BCUT2D eigenvalue weighted by Gasteiger charge is -2.17. The third-order valence-electron chi connectivity index (χ3n) is 5.85. The summed E-state index contributed by atoms with van der Waals surface area (Å²) in [4.78, 5) is 14.5. The van der Waals surface area contributed by atoms with Crippen molar-refractivity contribution in [2.75, 3.05) is 27.9 Å².